The fraction of sp³-hybridized carbons (Fsp3) is 1.00. The summed E-state index contributed by atoms with van der Waals surface area (Å²) < 4.78 is 23.3. The SMILES string of the molecule is CCCCCCCC[N+](C)(C)CCOP(=O)(O)OCC(CC)CCCC. The van der Waals surface area contributed by atoms with Crippen LogP contribution in [0.2, 0.25) is 0 Å². The second-order valence-electron chi connectivity index (χ2n) is 8.16. The Kier molecular flexibility index (Phi) is 15.1. The largest absolute Gasteiger partial charge is 0.472 e. The fourth-order valence-electron chi connectivity index (χ4n) is 2.97. The summed E-state index contributed by atoms with van der Waals surface area (Å²) in [6.07, 6.45) is 12.0. The first-order valence-corrected chi connectivity index (χ1v) is 12.2. The van der Waals surface area contributed by atoms with Crippen LogP contribution < -0.4 is 0 Å². The highest BCUT2D eigenvalue weighted by molar-refractivity contribution is 7.47. The number of phosphoric ester groups is 1. The van der Waals surface area contributed by atoms with Crippen LogP contribution in [0.1, 0.15) is 85.0 Å². The average Bonchev–Trinajstić information content (AvgIpc) is 2.57. The van der Waals surface area contributed by atoms with E-state index in [0.717, 1.165) is 43.3 Å². The molecule has 0 aromatic carbocycles. The van der Waals surface area contributed by atoms with Crippen LogP contribution in [0.4, 0.5) is 0 Å². The molecule has 0 aliphatic rings. The molecule has 0 radical (unpaired) electrons. The fourth-order valence-corrected chi connectivity index (χ4v) is 3.76. The molecule has 2 unspecified atom stereocenters. The topological polar surface area (TPSA) is 55.8 Å². The molecular weight excluding hydrogens is 349 g/mol. The van der Waals surface area contributed by atoms with Gasteiger partial charge in [0.1, 0.15) is 13.2 Å². The summed E-state index contributed by atoms with van der Waals surface area (Å²) in [7, 11) is 0.366. The molecule has 158 valence electrons. The van der Waals surface area contributed by atoms with Crippen molar-refractivity contribution in [3.05, 3.63) is 0 Å². The van der Waals surface area contributed by atoms with Crippen LogP contribution in [0.15, 0.2) is 0 Å². The lowest BCUT2D eigenvalue weighted by Gasteiger charge is -2.30. The third-order valence-electron chi connectivity index (χ3n) is 5.08. The summed E-state index contributed by atoms with van der Waals surface area (Å²) in [6.45, 7) is 8.82. The Balaban J connectivity index is 3.96. The van der Waals surface area contributed by atoms with Gasteiger partial charge in [-0.1, -0.05) is 65.7 Å². The molecule has 5 nitrogen and oxygen atoms in total. The zero-order chi connectivity index (χ0) is 19.9. The molecule has 2 atom stereocenters. The average molecular weight is 395 g/mol. The lowest BCUT2D eigenvalue weighted by atomic mass is 10.0. The molecule has 0 saturated heterocycles. The van der Waals surface area contributed by atoms with Crippen LogP contribution in [-0.4, -0.2) is 49.8 Å². The van der Waals surface area contributed by atoms with Crippen molar-refractivity contribution >= 4 is 7.82 Å². The molecule has 6 heteroatoms. The van der Waals surface area contributed by atoms with Crippen molar-refractivity contribution in [3.8, 4) is 0 Å². The molecule has 0 bridgehead atoms. The van der Waals surface area contributed by atoms with Crippen LogP contribution in [-0.2, 0) is 13.6 Å². The quantitative estimate of drug-likeness (QED) is 0.182. The van der Waals surface area contributed by atoms with E-state index in [0.29, 0.717) is 12.5 Å². The highest BCUT2D eigenvalue weighted by Gasteiger charge is 2.24. The van der Waals surface area contributed by atoms with Gasteiger partial charge in [-0.25, -0.2) is 4.57 Å². The summed E-state index contributed by atoms with van der Waals surface area (Å²) in [5, 5.41) is 0. The van der Waals surface area contributed by atoms with Crippen LogP contribution in [0.3, 0.4) is 0 Å². The number of rotatable bonds is 18. The molecule has 0 aliphatic heterocycles. The number of hydrogen-bond donors (Lipinski definition) is 1. The van der Waals surface area contributed by atoms with Gasteiger partial charge in [-0.15, -0.1) is 0 Å². The predicted octanol–water partition coefficient (Wildman–Crippen LogP) is 5.77. The standard InChI is InChI=1S/C20H44NO4P/c1-6-9-11-12-13-14-16-21(4,5)17-18-24-26(22,23)25-19-20(8-3)15-10-7-2/h20H,6-19H2,1-5H3/p+1. The Morgan fingerprint density at radius 2 is 1.50 bits per heavy atom. The Morgan fingerprint density at radius 1 is 0.885 bits per heavy atom. The number of hydrogen-bond acceptors (Lipinski definition) is 3. The number of quaternary nitrogens is 1. The normalized spacial score (nSPS) is 15.8. The summed E-state index contributed by atoms with van der Waals surface area (Å²) in [4.78, 5) is 9.88. The predicted molar refractivity (Wildman–Crippen MR) is 110 cm³/mol. The molecule has 0 heterocycles. The molecule has 0 aromatic heterocycles. The van der Waals surface area contributed by atoms with E-state index in [9.17, 15) is 9.46 Å². The molecule has 0 aromatic rings. The Bertz CT molecular complexity index is 377. The van der Waals surface area contributed by atoms with Gasteiger partial charge in [-0.2, -0.15) is 0 Å². The maximum absolute atomic E-state index is 12.1. The van der Waals surface area contributed by atoms with Crippen LogP contribution >= 0.6 is 7.82 Å². The zero-order valence-corrected chi connectivity index (χ0v) is 18.9. The molecule has 26 heavy (non-hydrogen) atoms. The molecule has 1 N–H and O–H groups in total. The van der Waals surface area contributed by atoms with Crippen LogP contribution in [0, 0.1) is 5.92 Å². The highest BCUT2D eigenvalue weighted by atomic mass is 31.2. The van der Waals surface area contributed by atoms with Crippen molar-refractivity contribution in [2.24, 2.45) is 5.92 Å². The lowest BCUT2D eigenvalue weighted by Crippen LogP contribution is -2.42. The Hall–Kier alpha value is 0.0700. The molecule has 0 rings (SSSR count). The molecule has 0 spiro atoms. The van der Waals surface area contributed by atoms with Crippen molar-refractivity contribution in [2.75, 3.05) is 40.4 Å². The van der Waals surface area contributed by atoms with E-state index in [1.807, 2.05) is 0 Å². The minimum atomic E-state index is -3.93. The second-order valence-corrected chi connectivity index (χ2v) is 9.62. The molecule has 0 saturated carbocycles. The number of phosphoric acid groups is 1. The third kappa shape index (κ3) is 15.2. The first-order valence-electron chi connectivity index (χ1n) is 10.7. The van der Waals surface area contributed by atoms with Gasteiger partial charge in [0.25, 0.3) is 0 Å². The number of nitrogens with zero attached hydrogens (tertiary/aromatic N) is 1. The summed E-state index contributed by atoms with van der Waals surface area (Å²) in [6, 6.07) is 0. The van der Waals surface area contributed by atoms with Gasteiger partial charge in [0.15, 0.2) is 0 Å². The lowest BCUT2D eigenvalue weighted by molar-refractivity contribution is -0.890. The minimum Gasteiger partial charge on any atom is -0.327 e. The Morgan fingerprint density at radius 3 is 2.12 bits per heavy atom. The van der Waals surface area contributed by atoms with Crippen molar-refractivity contribution < 1.29 is 23.0 Å². The van der Waals surface area contributed by atoms with E-state index >= 15 is 0 Å². The van der Waals surface area contributed by atoms with Gasteiger partial charge < -0.3 is 9.38 Å². The molecule has 0 aliphatic carbocycles. The van der Waals surface area contributed by atoms with Gasteiger partial charge in [-0.05, 0) is 25.2 Å². The van der Waals surface area contributed by atoms with Crippen molar-refractivity contribution in [3.63, 3.8) is 0 Å². The van der Waals surface area contributed by atoms with Crippen molar-refractivity contribution in [1.29, 1.82) is 0 Å². The van der Waals surface area contributed by atoms with E-state index in [-0.39, 0.29) is 6.61 Å². The highest BCUT2D eigenvalue weighted by Crippen LogP contribution is 2.43. The minimum absolute atomic E-state index is 0.252. The maximum Gasteiger partial charge on any atom is 0.472 e. The van der Waals surface area contributed by atoms with E-state index in [4.69, 9.17) is 9.05 Å². The van der Waals surface area contributed by atoms with Gasteiger partial charge >= 0.3 is 7.82 Å². The van der Waals surface area contributed by atoms with Crippen LogP contribution in [0.5, 0.6) is 0 Å². The monoisotopic (exact) mass is 394 g/mol. The second kappa shape index (κ2) is 15.0. The first-order chi connectivity index (χ1) is 12.3. The smallest absolute Gasteiger partial charge is 0.327 e. The first kappa shape index (κ1) is 26.1. The van der Waals surface area contributed by atoms with E-state index in [1.54, 1.807) is 0 Å². The van der Waals surface area contributed by atoms with Gasteiger partial charge in [-0.3, -0.25) is 9.05 Å². The zero-order valence-electron chi connectivity index (χ0n) is 18.0. The van der Waals surface area contributed by atoms with E-state index < -0.39 is 7.82 Å². The van der Waals surface area contributed by atoms with E-state index in [2.05, 4.69) is 34.9 Å². The van der Waals surface area contributed by atoms with Crippen LogP contribution in [0.25, 0.3) is 0 Å². The molecule has 0 fully saturated rings. The molecule has 0 amide bonds. The number of likely N-dealkylation sites (N-methyl/N-ethyl adjacent to an activating group) is 1. The third-order valence-corrected chi connectivity index (χ3v) is 6.07. The summed E-state index contributed by atoms with van der Waals surface area (Å²) in [5.74, 6) is 0.332. The maximum atomic E-state index is 12.1. The summed E-state index contributed by atoms with van der Waals surface area (Å²) in [5.41, 5.74) is 0. The van der Waals surface area contributed by atoms with Crippen molar-refractivity contribution in [1.82, 2.24) is 0 Å². The Labute approximate surface area is 162 Å². The summed E-state index contributed by atoms with van der Waals surface area (Å²) >= 11 is 0. The van der Waals surface area contributed by atoms with E-state index in [1.165, 1.54) is 38.5 Å². The molecular formula is C20H45NO4P+. The number of unbranched alkanes of at least 4 members (excludes halogenated alkanes) is 6. The van der Waals surface area contributed by atoms with Gasteiger partial charge in [0, 0.05) is 0 Å². The van der Waals surface area contributed by atoms with Gasteiger partial charge in [0.2, 0.25) is 0 Å². The van der Waals surface area contributed by atoms with Crippen molar-refractivity contribution in [2.45, 2.75) is 85.0 Å². The van der Waals surface area contributed by atoms with Gasteiger partial charge in [0.05, 0.1) is 27.2 Å².